The van der Waals surface area contributed by atoms with Crippen molar-refractivity contribution in [3.8, 4) is 0 Å². The van der Waals surface area contributed by atoms with E-state index in [0.717, 1.165) is 12.8 Å². The highest BCUT2D eigenvalue weighted by atomic mass is 16.5. The van der Waals surface area contributed by atoms with Crippen molar-refractivity contribution in [1.29, 1.82) is 0 Å². The van der Waals surface area contributed by atoms with Crippen molar-refractivity contribution < 1.29 is 19.1 Å². The number of anilines is 1. The van der Waals surface area contributed by atoms with E-state index in [-0.39, 0.29) is 30.5 Å². The SMILES string of the molecule is O=C(COC(=O)CCn1cnc2ccccc2c1=O)Nc1ccccc1C(=O)NC1CC1. The number of nitrogens with one attached hydrogen (secondary N) is 2. The van der Waals surface area contributed by atoms with Gasteiger partial charge in [-0.3, -0.25) is 23.7 Å². The average Bonchev–Trinajstić information content (AvgIpc) is 3.62. The summed E-state index contributed by atoms with van der Waals surface area (Å²) < 4.78 is 6.34. The van der Waals surface area contributed by atoms with Gasteiger partial charge in [-0.2, -0.15) is 0 Å². The molecule has 1 aliphatic rings. The number of amides is 2. The number of carbonyl (C=O) groups excluding carboxylic acids is 3. The van der Waals surface area contributed by atoms with Crippen LogP contribution < -0.4 is 16.2 Å². The lowest BCUT2D eigenvalue weighted by Crippen LogP contribution is -2.28. The second-order valence-electron chi connectivity index (χ2n) is 7.51. The summed E-state index contributed by atoms with van der Waals surface area (Å²) in [4.78, 5) is 53.2. The van der Waals surface area contributed by atoms with Gasteiger partial charge in [-0.15, -0.1) is 0 Å². The molecule has 0 aliphatic heterocycles. The molecule has 1 fully saturated rings. The lowest BCUT2D eigenvalue weighted by atomic mass is 10.1. The Morgan fingerprint density at radius 3 is 2.62 bits per heavy atom. The summed E-state index contributed by atoms with van der Waals surface area (Å²) in [5.74, 6) is -1.44. The molecular formula is C23H22N4O5. The lowest BCUT2D eigenvalue weighted by molar-refractivity contribution is -0.147. The molecule has 32 heavy (non-hydrogen) atoms. The first-order chi connectivity index (χ1) is 15.5. The largest absolute Gasteiger partial charge is 0.456 e. The van der Waals surface area contributed by atoms with Crippen LogP contribution in [0.1, 0.15) is 29.6 Å². The van der Waals surface area contributed by atoms with E-state index in [2.05, 4.69) is 15.6 Å². The number of hydrogen-bond acceptors (Lipinski definition) is 6. The van der Waals surface area contributed by atoms with Gasteiger partial charge < -0.3 is 15.4 Å². The molecule has 1 heterocycles. The number of para-hydroxylation sites is 2. The first-order valence-corrected chi connectivity index (χ1v) is 10.3. The van der Waals surface area contributed by atoms with Crippen LogP contribution in [0.3, 0.4) is 0 Å². The van der Waals surface area contributed by atoms with E-state index in [1.807, 2.05) is 0 Å². The van der Waals surface area contributed by atoms with Gasteiger partial charge in [0.2, 0.25) is 0 Å². The standard InChI is InChI=1S/C23H22N4O5/c28-20(26-19-8-4-1-5-16(19)22(30)25-15-9-10-15)13-32-21(29)11-12-27-14-24-18-7-3-2-6-17(18)23(27)31/h1-8,14-15H,9-13H2,(H,25,30)(H,26,28). The normalized spacial score (nSPS) is 12.9. The number of hydrogen-bond donors (Lipinski definition) is 2. The van der Waals surface area contributed by atoms with E-state index >= 15 is 0 Å². The number of rotatable bonds is 8. The zero-order valence-electron chi connectivity index (χ0n) is 17.2. The van der Waals surface area contributed by atoms with Crippen molar-refractivity contribution >= 4 is 34.4 Å². The quantitative estimate of drug-likeness (QED) is 0.523. The van der Waals surface area contributed by atoms with Crippen molar-refractivity contribution in [2.75, 3.05) is 11.9 Å². The Morgan fingerprint density at radius 1 is 1.06 bits per heavy atom. The van der Waals surface area contributed by atoms with Gasteiger partial charge in [0.15, 0.2) is 6.61 Å². The first kappa shape index (κ1) is 21.2. The van der Waals surface area contributed by atoms with Gasteiger partial charge in [0.25, 0.3) is 17.4 Å². The van der Waals surface area contributed by atoms with E-state index in [1.54, 1.807) is 48.5 Å². The molecule has 9 heteroatoms. The summed E-state index contributed by atoms with van der Waals surface area (Å²) in [6.45, 7) is -0.413. The van der Waals surface area contributed by atoms with Crippen molar-refractivity contribution in [1.82, 2.24) is 14.9 Å². The van der Waals surface area contributed by atoms with Crippen LogP contribution in [0.5, 0.6) is 0 Å². The van der Waals surface area contributed by atoms with Crippen molar-refractivity contribution in [3.05, 3.63) is 70.8 Å². The van der Waals surface area contributed by atoms with Gasteiger partial charge in [0, 0.05) is 12.6 Å². The van der Waals surface area contributed by atoms with Gasteiger partial charge in [-0.05, 0) is 37.1 Å². The minimum absolute atomic E-state index is 0.0846. The zero-order chi connectivity index (χ0) is 22.5. The summed E-state index contributed by atoms with van der Waals surface area (Å²) >= 11 is 0. The Bertz CT molecular complexity index is 1230. The molecule has 164 valence electrons. The van der Waals surface area contributed by atoms with Gasteiger partial charge >= 0.3 is 5.97 Å². The van der Waals surface area contributed by atoms with Crippen molar-refractivity contribution in [2.45, 2.75) is 31.8 Å². The highest BCUT2D eigenvalue weighted by molar-refractivity contribution is 6.04. The number of aryl methyl sites for hydroxylation is 1. The topological polar surface area (TPSA) is 119 Å². The van der Waals surface area contributed by atoms with Crippen LogP contribution in [0.25, 0.3) is 10.9 Å². The molecule has 2 amide bonds. The number of ether oxygens (including phenoxy) is 1. The molecule has 1 saturated carbocycles. The van der Waals surface area contributed by atoms with Gasteiger partial charge in [0.1, 0.15) is 0 Å². The fourth-order valence-corrected chi connectivity index (χ4v) is 3.16. The Labute approximate surface area is 183 Å². The van der Waals surface area contributed by atoms with Gasteiger partial charge in [-0.1, -0.05) is 24.3 Å². The first-order valence-electron chi connectivity index (χ1n) is 10.3. The molecule has 1 aliphatic carbocycles. The number of aromatic nitrogens is 2. The van der Waals surface area contributed by atoms with E-state index in [9.17, 15) is 19.2 Å². The second-order valence-corrected chi connectivity index (χ2v) is 7.51. The molecule has 0 spiro atoms. The second kappa shape index (κ2) is 9.42. The van der Waals surface area contributed by atoms with Crippen LogP contribution in [0.15, 0.2) is 59.7 Å². The fourth-order valence-electron chi connectivity index (χ4n) is 3.16. The van der Waals surface area contributed by atoms with E-state index in [0.29, 0.717) is 22.2 Å². The summed E-state index contributed by atoms with van der Waals surface area (Å²) in [5, 5.41) is 5.94. The van der Waals surface area contributed by atoms with Crippen LogP contribution in [-0.4, -0.2) is 40.0 Å². The third kappa shape index (κ3) is 5.18. The number of benzene rings is 2. The van der Waals surface area contributed by atoms with E-state index in [4.69, 9.17) is 4.74 Å². The molecule has 9 nitrogen and oxygen atoms in total. The molecule has 4 rings (SSSR count). The molecule has 0 saturated heterocycles. The Kier molecular flexibility index (Phi) is 6.25. The van der Waals surface area contributed by atoms with Crippen LogP contribution in [0, 0.1) is 0 Å². The van der Waals surface area contributed by atoms with Crippen molar-refractivity contribution in [2.24, 2.45) is 0 Å². The Morgan fingerprint density at radius 2 is 1.81 bits per heavy atom. The summed E-state index contributed by atoms with van der Waals surface area (Å²) in [6, 6.07) is 13.8. The maximum absolute atomic E-state index is 12.4. The van der Waals surface area contributed by atoms with Crippen LogP contribution >= 0.6 is 0 Å². The van der Waals surface area contributed by atoms with Crippen LogP contribution in [-0.2, 0) is 20.9 Å². The molecule has 0 radical (unpaired) electrons. The van der Waals surface area contributed by atoms with Gasteiger partial charge in [-0.25, -0.2) is 4.98 Å². The highest BCUT2D eigenvalue weighted by Crippen LogP contribution is 2.21. The third-order valence-electron chi connectivity index (χ3n) is 5.01. The molecule has 3 aromatic rings. The lowest BCUT2D eigenvalue weighted by Gasteiger charge is -2.11. The number of carbonyl (C=O) groups is 3. The predicted molar refractivity (Wildman–Crippen MR) is 117 cm³/mol. The number of fused-ring (bicyclic) bond motifs is 1. The maximum atomic E-state index is 12.4. The molecule has 2 N–H and O–H groups in total. The van der Waals surface area contributed by atoms with E-state index < -0.39 is 18.5 Å². The van der Waals surface area contributed by atoms with Crippen molar-refractivity contribution in [3.63, 3.8) is 0 Å². The summed E-state index contributed by atoms with van der Waals surface area (Å²) in [5.41, 5.74) is 1.03. The molecular weight excluding hydrogens is 412 g/mol. The molecule has 0 bridgehead atoms. The predicted octanol–water partition coefficient (Wildman–Crippen LogP) is 1.86. The number of esters is 1. The summed E-state index contributed by atoms with van der Waals surface area (Å²) in [6.07, 6.45) is 3.21. The Hall–Kier alpha value is -4.01. The molecule has 0 unspecified atom stereocenters. The van der Waals surface area contributed by atoms with Gasteiger partial charge in [0.05, 0.1) is 34.9 Å². The maximum Gasteiger partial charge on any atom is 0.308 e. The van der Waals surface area contributed by atoms with E-state index in [1.165, 1.54) is 10.9 Å². The minimum Gasteiger partial charge on any atom is -0.456 e. The summed E-state index contributed by atoms with van der Waals surface area (Å²) in [7, 11) is 0. The number of nitrogens with zero attached hydrogens (tertiary/aromatic N) is 2. The van der Waals surface area contributed by atoms with Crippen LogP contribution in [0.2, 0.25) is 0 Å². The molecule has 0 atom stereocenters. The smallest absolute Gasteiger partial charge is 0.308 e. The molecule has 1 aromatic heterocycles. The molecule has 2 aromatic carbocycles. The monoisotopic (exact) mass is 434 g/mol. The average molecular weight is 434 g/mol. The zero-order valence-corrected chi connectivity index (χ0v) is 17.2. The van der Waals surface area contributed by atoms with Crippen LogP contribution in [0.4, 0.5) is 5.69 Å². The minimum atomic E-state index is -0.625. The highest BCUT2D eigenvalue weighted by Gasteiger charge is 2.25. The fraction of sp³-hybridized carbons (Fsp3) is 0.261. The Balaban J connectivity index is 1.28. The third-order valence-corrected chi connectivity index (χ3v) is 5.01.